The molecule has 72 valence electrons. The van der Waals surface area contributed by atoms with Crippen LogP contribution in [0.1, 0.15) is 17.0 Å². The summed E-state index contributed by atoms with van der Waals surface area (Å²) in [5, 5.41) is 12.2. The number of benzene rings is 1. The molecule has 2 heteroatoms. The second kappa shape index (κ2) is 3.81. The number of nitriles is 1. The van der Waals surface area contributed by atoms with E-state index in [-0.39, 0.29) is 5.92 Å². The molecule has 1 fully saturated rings. The summed E-state index contributed by atoms with van der Waals surface area (Å²) < 4.78 is 0. The van der Waals surface area contributed by atoms with E-state index in [1.807, 2.05) is 0 Å². The van der Waals surface area contributed by atoms with Crippen LogP contribution in [-0.4, -0.2) is 13.1 Å². The van der Waals surface area contributed by atoms with Crippen LogP contribution in [0.25, 0.3) is 0 Å². The summed E-state index contributed by atoms with van der Waals surface area (Å²) in [5.74, 6) is 0.511. The van der Waals surface area contributed by atoms with Gasteiger partial charge < -0.3 is 5.32 Å². The third kappa shape index (κ3) is 1.64. The highest BCUT2D eigenvalue weighted by atomic mass is 14.9. The van der Waals surface area contributed by atoms with Gasteiger partial charge in [-0.25, -0.2) is 0 Å². The molecule has 2 rings (SSSR count). The van der Waals surface area contributed by atoms with Gasteiger partial charge in [-0.05, 0) is 12.5 Å². The van der Waals surface area contributed by atoms with Crippen molar-refractivity contribution in [3.63, 3.8) is 0 Å². The molecule has 0 bridgehead atoms. The van der Waals surface area contributed by atoms with E-state index in [1.165, 1.54) is 11.1 Å². The van der Waals surface area contributed by atoms with Crippen molar-refractivity contribution in [1.29, 1.82) is 5.26 Å². The molecule has 1 aromatic rings. The lowest BCUT2D eigenvalue weighted by atomic mass is 9.89. The Labute approximate surface area is 84.6 Å². The number of nitrogens with one attached hydrogen (secondary N) is 1. The highest BCUT2D eigenvalue weighted by Gasteiger charge is 2.27. The maximum Gasteiger partial charge on any atom is 0.0676 e. The summed E-state index contributed by atoms with van der Waals surface area (Å²) in [6.45, 7) is 3.85. The largest absolute Gasteiger partial charge is 0.315 e. The average molecular weight is 186 g/mol. The minimum Gasteiger partial charge on any atom is -0.315 e. The second-order valence-electron chi connectivity index (χ2n) is 3.91. The topological polar surface area (TPSA) is 35.8 Å². The van der Waals surface area contributed by atoms with Gasteiger partial charge in [0.2, 0.25) is 0 Å². The van der Waals surface area contributed by atoms with Gasteiger partial charge in [-0.15, -0.1) is 0 Å². The highest BCUT2D eigenvalue weighted by Crippen LogP contribution is 2.27. The molecule has 0 amide bonds. The van der Waals surface area contributed by atoms with Gasteiger partial charge in [-0.2, -0.15) is 5.26 Å². The van der Waals surface area contributed by atoms with Crippen LogP contribution >= 0.6 is 0 Å². The Morgan fingerprint density at radius 2 is 2.29 bits per heavy atom. The van der Waals surface area contributed by atoms with Crippen LogP contribution in [-0.2, 0) is 0 Å². The van der Waals surface area contributed by atoms with Gasteiger partial charge in [0.15, 0.2) is 0 Å². The predicted molar refractivity (Wildman–Crippen MR) is 55.9 cm³/mol. The van der Waals surface area contributed by atoms with Crippen molar-refractivity contribution in [3.05, 3.63) is 35.4 Å². The fourth-order valence-electron chi connectivity index (χ4n) is 2.07. The van der Waals surface area contributed by atoms with Crippen molar-refractivity contribution in [2.24, 2.45) is 5.92 Å². The van der Waals surface area contributed by atoms with Crippen molar-refractivity contribution in [2.75, 3.05) is 13.1 Å². The molecule has 2 atom stereocenters. The van der Waals surface area contributed by atoms with Crippen molar-refractivity contribution in [2.45, 2.75) is 12.8 Å². The van der Waals surface area contributed by atoms with Gasteiger partial charge in [0, 0.05) is 19.0 Å². The van der Waals surface area contributed by atoms with Crippen LogP contribution in [0.3, 0.4) is 0 Å². The molecule has 1 aliphatic rings. The molecule has 0 spiro atoms. The van der Waals surface area contributed by atoms with Crippen molar-refractivity contribution in [3.8, 4) is 6.07 Å². The second-order valence-corrected chi connectivity index (χ2v) is 3.91. The lowest BCUT2D eigenvalue weighted by Crippen LogP contribution is -2.08. The van der Waals surface area contributed by atoms with Crippen LogP contribution < -0.4 is 5.32 Å². The molecule has 0 radical (unpaired) electrons. The fourth-order valence-corrected chi connectivity index (χ4v) is 2.07. The van der Waals surface area contributed by atoms with E-state index in [0.717, 1.165) is 13.1 Å². The van der Waals surface area contributed by atoms with Gasteiger partial charge >= 0.3 is 0 Å². The zero-order valence-electron chi connectivity index (χ0n) is 8.33. The van der Waals surface area contributed by atoms with Gasteiger partial charge in [0.05, 0.1) is 12.0 Å². The smallest absolute Gasteiger partial charge is 0.0676 e. The molecular weight excluding hydrogens is 172 g/mol. The van der Waals surface area contributed by atoms with E-state index in [1.54, 1.807) is 0 Å². The summed E-state index contributed by atoms with van der Waals surface area (Å²) >= 11 is 0. The summed E-state index contributed by atoms with van der Waals surface area (Å²) in [6.07, 6.45) is 0. The van der Waals surface area contributed by atoms with E-state index in [9.17, 15) is 0 Å². The maximum absolute atomic E-state index is 8.98. The molecule has 0 unspecified atom stereocenters. The Bertz CT molecular complexity index is 365. The Morgan fingerprint density at radius 1 is 1.43 bits per heavy atom. The van der Waals surface area contributed by atoms with E-state index in [0.29, 0.717) is 5.92 Å². The van der Waals surface area contributed by atoms with E-state index in [2.05, 4.69) is 42.6 Å². The molecule has 14 heavy (non-hydrogen) atoms. The van der Waals surface area contributed by atoms with Crippen LogP contribution in [0.5, 0.6) is 0 Å². The van der Waals surface area contributed by atoms with Crippen LogP contribution in [0.15, 0.2) is 24.3 Å². The number of hydrogen-bond acceptors (Lipinski definition) is 2. The molecule has 0 aliphatic carbocycles. The normalized spacial score (nSPS) is 26.0. The Balaban J connectivity index is 2.27. The summed E-state index contributed by atoms with van der Waals surface area (Å²) in [6, 6.07) is 10.8. The molecule has 0 aromatic heterocycles. The zero-order valence-corrected chi connectivity index (χ0v) is 8.33. The minimum absolute atomic E-state index is 0.136. The van der Waals surface area contributed by atoms with Crippen LogP contribution in [0.2, 0.25) is 0 Å². The van der Waals surface area contributed by atoms with E-state index < -0.39 is 0 Å². The van der Waals surface area contributed by atoms with Gasteiger partial charge in [-0.3, -0.25) is 0 Å². The molecule has 2 nitrogen and oxygen atoms in total. The average Bonchev–Trinajstić information content (AvgIpc) is 2.65. The first-order valence-electron chi connectivity index (χ1n) is 4.98. The summed E-state index contributed by atoms with van der Waals surface area (Å²) in [7, 11) is 0. The first kappa shape index (κ1) is 9.23. The maximum atomic E-state index is 8.98. The Morgan fingerprint density at radius 3 is 3.00 bits per heavy atom. The van der Waals surface area contributed by atoms with Crippen LogP contribution in [0, 0.1) is 24.2 Å². The third-order valence-electron chi connectivity index (χ3n) is 2.85. The quantitative estimate of drug-likeness (QED) is 0.726. The lowest BCUT2D eigenvalue weighted by Gasteiger charge is -2.12. The van der Waals surface area contributed by atoms with Gasteiger partial charge in [0.25, 0.3) is 0 Å². The summed E-state index contributed by atoms with van der Waals surface area (Å²) in [4.78, 5) is 0. The molecule has 0 saturated carbocycles. The number of nitrogens with zero attached hydrogens (tertiary/aromatic N) is 1. The van der Waals surface area contributed by atoms with Crippen molar-refractivity contribution < 1.29 is 0 Å². The van der Waals surface area contributed by atoms with Crippen molar-refractivity contribution in [1.82, 2.24) is 5.32 Å². The Kier molecular flexibility index (Phi) is 2.51. The molecule has 1 aliphatic heterocycles. The summed E-state index contributed by atoms with van der Waals surface area (Å²) in [5.41, 5.74) is 2.56. The number of rotatable bonds is 1. The van der Waals surface area contributed by atoms with Gasteiger partial charge in [-0.1, -0.05) is 29.8 Å². The predicted octanol–water partition coefficient (Wildman–Crippen LogP) is 1.82. The molecular formula is C12H14N2. The Hall–Kier alpha value is -1.33. The number of hydrogen-bond donors (Lipinski definition) is 1. The van der Waals surface area contributed by atoms with Crippen molar-refractivity contribution >= 4 is 0 Å². The zero-order chi connectivity index (χ0) is 9.97. The standard InChI is InChI=1S/C12H14N2/c1-9-3-2-4-10(5-9)12-8-14-7-11(12)6-13/h2-5,11-12,14H,7-8H2,1H3/t11-,12-/m1/s1. The van der Waals surface area contributed by atoms with Gasteiger partial charge in [0.1, 0.15) is 0 Å². The molecule has 1 saturated heterocycles. The first-order chi connectivity index (χ1) is 6.81. The molecule has 1 N–H and O–H groups in total. The fraction of sp³-hybridized carbons (Fsp3) is 0.417. The first-order valence-corrected chi connectivity index (χ1v) is 4.98. The van der Waals surface area contributed by atoms with Crippen LogP contribution in [0.4, 0.5) is 0 Å². The number of aryl methyl sites for hydroxylation is 1. The lowest BCUT2D eigenvalue weighted by molar-refractivity contribution is 0.646. The third-order valence-corrected chi connectivity index (χ3v) is 2.85. The SMILES string of the molecule is Cc1cccc([C@H]2CNC[C@H]2C#N)c1. The molecule has 1 heterocycles. The van der Waals surface area contributed by atoms with E-state index >= 15 is 0 Å². The molecule has 1 aromatic carbocycles. The minimum atomic E-state index is 0.136. The highest BCUT2D eigenvalue weighted by molar-refractivity contribution is 5.28. The van der Waals surface area contributed by atoms with E-state index in [4.69, 9.17) is 5.26 Å². The monoisotopic (exact) mass is 186 g/mol.